The van der Waals surface area contributed by atoms with E-state index < -0.39 is 12.2 Å². The lowest BCUT2D eigenvalue weighted by Crippen LogP contribution is -2.33. The number of ether oxygens (including phenoxy) is 1. The van der Waals surface area contributed by atoms with Crippen LogP contribution in [0.2, 0.25) is 0 Å². The molecule has 1 aromatic rings. The molecular formula is C20H25FN4O4. The molecule has 0 unspecified atom stereocenters. The lowest BCUT2D eigenvalue weighted by atomic mass is 10.0. The maximum atomic E-state index is 14.8. The first kappa shape index (κ1) is 20.6. The Bertz CT molecular complexity index is 817. The summed E-state index contributed by atoms with van der Waals surface area (Å²) in [5.41, 5.74) is 2.19. The number of carbonyl (C=O) groups is 2. The molecule has 1 N–H and O–H groups in total. The smallest absolute Gasteiger partial charge is 0.414 e. The van der Waals surface area contributed by atoms with Gasteiger partial charge in [0.1, 0.15) is 19.0 Å². The third-order valence-corrected chi connectivity index (χ3v) is 4.92. The van der Waals surface area contributed by atoms with Crippen molar-refractivity contribution in [2.45, 2.75) is 25.9 Å². The molecule has 2 saturated heterocycles. The molecule has 8 nitrogen and oxygen atoms in total. The number of oxime groups is 1. The number of benzene rings is 1. The number of hydrogen-bond donors (Lipinski definition) is 1. The first-order valence-electron chi connectivity index (χ1n) is 9.49. The summed E-state index contributed by atoms with van der Waals surface area (Å²) < 4.78 is 20.0. The van der Waals surface area contributed by atoms with Gasteiger partial charge in [-0.15, -0.1) is 0 Å². The molecule has 3 rings (SSSR count). The van der Waals surface area contributed by atoms with Gasteiger partial charge in [0, 0.05) is 20.0 Å². The third kappa shape index (κ3) is 5.24. The molecule has 2 aliphatic heterocycles. The highest BCUT2D eigenvalue weighted by atomic mass is 19.1. The van der Waals surface area contributed by atoms with Crippen LogP contribution in [0.1, 0.15) is 19.8 Å². The van der Waals surface area contributed by atoms with Gasteiger partial charge in [0.25, 0.3) is 0 Å². The van der Waals surface area contributed by atoms with Crippen molar-refractivity contribution in [3.8, 4) is 0 Å². The summed E-state index contributed by atoms with van der Waals surface area (Å²) in [5, 5.41) is 6.32. The molecule has 29 heavy (non-hydrogen) atoms. The number of anilines is 2. The molecule has 0 radical (unpaired) electrons. The molecule has 1 atom stereocenters. The summed E-state index contributed by atoms with van der Waals surface area (Å²) >= 11 is 0. The Morgan fingerprint density at radius 2 is 2.17 bits per heavy atom. The van der Waals surface area contributed by atoms with Crippen molar-refractivity contribution in [2.75, 3.05) is 43.1 Å². The maximum Gasteiger partial charge on any atom is 0.414 e. The number of nitrogens with one attached hydrogen (secondary N) is 1. The van der Waals surface area contributed by atoms with Gasteiger partial charge in [0.2, 0.25) is 5.91 Å². The molecule has 0 aromatic heterocycles. The number of nitrogens with zero attached hydrogens (tertiary/aromatic N) is 3. The molecular weight excluding hydrogens is 379 g/mol. The zero-order valence-electron chi connectivity index (χ0n) is 16.6. The first-order chi connectivity index (χ1) is 14.0. The van der Waals surface area contributed by atoms with Gasteiger partial charge < -0.3 is 19.8 Å². The van der Waals surface area contributed by atoms with Gasteiger partial charge in [-0.1, -0.05) is 10.7 Å². The van der Waals surface area contributed by atoms with E-state index in [0.29, 0.717) is 24.5 Å². The summed E-state index contributed by atoms with van der Waals surface area (Å²) in [6.07, 6.45) is 4.19. The number of halogens is 1. The Morgan fingerprint density at radius 3 is 2.83 bits per heavy atom. The second kappa shape index (κ2) is 9.40. The monoisotopic (exact) mass is 404 g/mol. The highest BCUT2D eigenvalue weighted by Gasteiger charge is 2.33. The van der Waals surface area contributed by atoms with E-state index in [1.807, 2.05) is 11.0 Å². The summed E-state index contributed by atoms with van der Waals surface area (Å²) in [6, 6.07) is 4.77. The molecule has 0 saturated carbocycles. The molecule has 0 bridgehead atoms. The largest absolute Gasteiger partial charge is 0.442 e. The van der Waals surface area contributed by atoms with Crippen LogP contribution in [0.15, 0.2) is 35.0 Å². The van der Waals surface area contributed by atoms with Crippen molar-refractivity contribution < 1.29 is 23.6 Å². The fourth-order valence-corrected chi connectivity index (χ4v) is 3.41. The standard InChI is InChI=1S/C20H25FN4O4/c1-14(26)22-12-17-13-25(20(27)29-17)16-3-4-19(18(21)11-16)24-9-6-15(7-10-24)5-8-23-28-2/h3-5,8,11,17H,6-7,9-10,12-13H2,1-2H3,(H,22,26)/t17-/m0/s1. The number of carbonyl (C=O) groups excluding carboxylic acids is 2. The summed E-state index contributed by atoms with van der Waals surface area (Å²) in [4.78, 5) is 31.1. The highest BCUT2D eigenvalue weighted by molar-refractivity contribution is 5.90. The van der Waals surface area contributed by atoms with Crippen molar-refractivity contribution in [3.05, 3.63) is 35.7 Å². The van der Waals surface area contributed by atoms with Crippen LogP contribution in [0, 0.1) is 5.82 Å². The number of allylic oxidation sites excluding steroid dienone is 1. The maximum absolute atomic E-state index is 14.8. The zero-order chi connectivity index (χ0) is 20.8. The van der Waals surface area contributed by atoms with Crippen LogP contribution in [0.3, 0.4) is 0 Å². The van der Waals surface area contributed by atoms with Gasteiger partial charge >= 0.3 is 6.09 Å². The number of hydrogen-bond acceptors (Lipinski definition) is 6. The van der Waals surface area contributed by atoms with Crippen LogP contribution in [0.25, 0.3) is 0 Å². The summed E-state index contributed by atoms with van der Waals surface area (Å²) in [7, 11) is 1.50. The molecule has 0 aliphatic carbocycles. The van der Waals surface area contributed by atoms with Crippen LogP contribution in [0.5, 0.6) is 0 Å². The number of cyclic esters (lactones) is 1. The number of rotatable bonds is 6. The minimum Gasteiger partial charge on any atom is -0.442 e. The van der Waals surface area contributed by atoms with Crippen LogP contribution >= 0.6 is 0 Å². The zero-order valence-corrected chi connectivity index (χ0v) is 16.6. The molecule has 2 aliphatic rings. The average molecular weight is 404 g/mol. The number of amides is 2. The van der Waals surface area contributed by atoms with E-state index in [9.17, 15) is 14.0 Å². The molecule has 9 heteroatoms. The predicted molar refractivity (Wildman–Crippen MR) is 108 cm³/mol. The Balaban J connectivity index is 1.62. The minimum atomic E-state index is -0.544. The fourth-order valence-electron chi connectivity index (χ4n) is 3.41. The quantitative estimate of drug-likeness (QED) is 0.582. The van der Waals surface area contributed by atoms with Crippen molar-refractivity contribution in [2.24, 2.45) is 5.16 Å². The molecule has 2 heterocycles. The van der Waals surface area contributed by atoms with E-state index in [2.05, 4.69) is 15.3 Å². The topological polar surface area (TPSA) is 83.5 Å². The number of piperidine rings is 1. The fraction of sp³-hybridized carbons (Fsp3) is 0.450. The molecule has 2 amide bonds. The van der Waals surface area contributed by atoms with Gasteiger partial charge in [-0.3, -0.25) is 9.69 Å². The lowest BCUT2D eigenvalue weighted by molar-refractivity contribution is -0.119. The minimum absolute atomic E-state index is 0.194. The Morgan fingerprint density at radius 1 is 1.41 bits per heavy atom. The van der Waals surface area contributed by atoms with Gasteiger partial charge in [-0.25, -0.2) is 9.18 Å². The van der Waals surface area contributed by atoms with Gasteiger partial charge in [0.15, 0.2) is 0 Å². The van der Waals surface area contributed by atoms with Gasteiger partial charge in [0.05, 0.1) is 30.7 Å². The average Bonchev–Trinajstić information content (AvgIpc) is 3.08. The second-order valence-corrected chi connectivity index (χ2v) is 6.94. The Kier molecular flexibility index (Phi) is 6.69. The van der Waals surface area contributed by atoms with Crippen LogP contribution in [0.4, 0.5) is 20.6 Å². The van der Waals surface area contributed by atoms with Crippen LogP contribution in [-0.4, -0.2) is 57.6 Å². The van der Waals surface area contributed by atoms with Crippen LogP contribution in [-0.2, 0) is 14.4 Å². The van der Waals surface area contributed by atoms with Crippen molar-refractivity contribution in [3.63, 3.8) is 0 Å². The van der Waals surface area contributed by atoms with E-state index in [0.717, 1.165) is 12.8 Å². The van der Waals surface area contributed by atoms with Crippen molar-refractivity contribution >= 4 is 29.6 Å². The predicted octanol–water partition coefficient (Wildman–Crippen LogP) is 2.45. The van der Waals surface area contributed by atoms with E-state index in [1.54, 1.807) is 18.3 Å². The lowest BCUT2D eigenvalue weighted by Gasteiger charge is -2.31. The second-order valence-electron chi connectivity index (χ2n) is 6.94. The third-order valence-electron chi connectivity index (χ3n) is 4.92. The van der Waals surface area contributed by atoms with E-state index in [1.165, 1.54) is 30.6 Å². The van der Waals surface area contributed by atoms with Crippen molar-refractivity contribution in [1.82, 2.24) is 5.32 Å². The Hall–Kier alpha value is -3.10. The Labute approximate surface area is 168 Å². The molecule has 0 spiro atoms. The molecule has 1 aromatic carbocycles. The molecule has 2 fully saturated rings. The highest BCUT2D eigenvalue weighted by Crippen LogP contribution is 2.30. The SMILES string of the molecule is CON=CC=C1CCN(c2ccc(N3C[C@H](CNC(C)=O)OC3=O)cc2F)CC1. The van der Waals surface area contributed by atoms with Crippen LogP contribution < -0.4 is 15.1 Å². The van der Waals surface area contributed by atoms with E-state index in [-0.39, 0.29) is 24.8 Å². The van der Waals surface area contributed by atoms with E-state index >= 15 is 0 Å². The summed E-state index contributed by atoms with van der Waals surface area (Å²) in [6.45, 7) is 3.30. The summed E-state index contributed by atoms with van der Waals surface area (Å²) in [5.74, 6) is -0.575. The van der Waals surface area contributed by atoms with Gasteiger partial charge in [-0.2, -0.15) is 0 Å². The van der Waals surface area contributed by atoms with E-state index in [4.69, 9.17) is 4.74 Å². The first-order valence-corrected chi connectivity index (χ1v) is 9.49. The van der Waals surface area contributed by atoms with Gasteiger partial charge in [-0.05, 0) is 37.1 Å². The molecule has 156 valence electrons. The van der Waals surface area contributed by atoms with Crippen molar-refractivity contribution in [1.29, 1.82) is 0 Å². The normalized spacial score (nSPS) is 19.5.